The third-order valence-corrected chi connectivity index (χ3v) is 5.10. The largest absolute Gasteiger partial charge is 0.492 e. The number of nitrogens with zero attached hydrogens (tertiary/aromatic N) is 4. The maximum Gasteiger partial charge on any atom is 0.193 e. The number of rotatable bonds is 6. The standard InChI is InChI=1S/C21H31N5O/c1-16(2)17-5-7-20(8-6-17)27-12-10-23-21(22-3)26-11-9-18(15-26)19-13-24-25(4)14-19/h5-8,13-14,16,18H,9-12,15H2,1-4H3,(H,22,23). The van der Waals surface area contributed by atoms with Crippen LogP contribution in [0.2, 0.25) is 0 Å². The normalized spacial score (nSPS) is 17.6. The summed E-state index contributed by atoms with van der Waals surface area (Å²) >= 11 is 0. The van der Waals surface area contributed by atoms with Crippen molar-refractivity contribution >= 4 is 5.96 Å². The minimum absolute atomic E-state index is 0.521. The molecule has 146 valence electrons. The van der Waals surface area contributed by atoms with Crippen LogP contribution in [0.25, 0.3) is 0 Å². The van der Waals surface area contributed by atoms with Gasteiger partial charge in [-0.3, -0.25) is 9.67 Å². The molecule has 0 radical (unpaired) electrons. The highest BCUT2D eigenvalue weighted by atomic mass is 16.5. The Morgan fingerprint density at radius 1 is 1.33 bits per heavy atom. The molecule has 3 rings (SSSR count). The number of benzene rings is 1. The monoisotopic (exact) mass is 369 g/mol. The fourth-order valence-corrected chi connectivity index (χ4v) is 3.49. The molecule has 1 unspecified atom stereocenters. The number of nitrogens with one attached hydrogen (secondary N) is 1. The SMILES string of the molecule is CN=C(NCCOc1ccc(C(C)C)cc1)N1CCC(c2cnn(C)c2)C1. The van der Waals surface area contributed by atoms with Gasteiger partial charge in [0.05, 0.1) is 12.7 Å². The first-order valence-corrected chi connectivity index (χ1v) is 9.73. The number of aromatic nitrogens is 2. The molecule has 1 saturated heterocycles. The van der Waals surface area contributed by atoms with E-state index in [-0.39, 0.29) is 0 Å². The van der Waals surface area contributed by atoms with Gasteiger partial charge in [-0.25, -0.2) is 0 Å². The number of hydrogen-bond donors (Lipinski definition) is 1. The average Bonchev–Trinajstić information content (AvgIpc) is 3.31. The third-order valence-electron chi connectivity index (χ3n) is 5.10. The van der Waals surface area contributed by atoms with E-state index in [1.807, 2.05) is 37.1 Å². The summed E-state index contributed by atoms with van der Waals surface area (Å²) in [7, 11) is 3.80. The topological polar surface area (TPSA) is 54.7 Å². The van der Waals surface area contributed by atoms with E-state index in [9.17, 15) is 0 Å². The van der Waals surface area contributed by atoms with Crippen LogP contribution in [0.1, 0.15) is 43.2 Å². The van der Waals surface area contributed by atoms with Gasteiger partial charge in [0, 0.05) is 39.3 Å². The van der Waals surface area contributed by atoms with Crippen LogP contribution in [0, 0.1) is 0 Å². The first-order chi connectivity index (χ1) is 13.1. The molecule has 6 heteroatoms. The van der Waals surface area contributed by atoms with Gasteiger partial charge < -0.3 is 15.0 Å². The van der Waals surface area contributed by atoms with Gasteiger partial charge in [-0.1, -0.05) is 26.0 Å². The predicted octanol–water partition coefficient (Wildman–Crippen LogP) is 2.99. The van der Waals surface area contributed by atoms with E-state index in [1.165, 1.54) is 11.1 Å². The molecule has 27 heavy (non-hydrogen) atoms. The molecule has 1 aliphatic heterocycles. The highest BCUT2D eigenvalue weighted by Crippen LogP contribution is 2.26. The Bertz CT molecular complexity index is 750. The van der Waals surface area contributed by atoms with Gasteiger partial charge in [0.2, 0.25) is 0 Å². The molecule has 1 N–H and O–H groups in total. The molecule has 1 aromatic heterocycles. The van der Waals surface area contributed by atoms with Crippen molar-refractivity contribution in [3.05, 3.63) is 47.8 Å². The minimum Gasteiger partial charge on any atom is -0.492 e. The van der Waals surface area contributed by atoms with Crippen molar-refractivity contribution in [3.63, 3.8) is 0 Å². The average molecular weight is 370 g/mol. The summed E-state index contributed by atoms with van der Waals surface area (Å²) in [5.41, 5.74) is 2.64. The Hall–Kier alpha value is -2.50. The second kappa shape index (κ2) is 8.93. The Labute approximate surface area is 162 Å². The maximum atomic E-state index is 5.84. The predicted molar refractivity (Wildman–Crippen MR) is 110 cm³/mol. The molecule has 6 nitrogen and oxygen atoms in total. The summed E-state index contributed by atoms with van der Waals surface area (Å²) < 4.78 is 7.72. The van der Waals surface area contributed by atoms with Gasteiger partial charge >= 0.3 is 0 Å². The second-order valence-corrected chi connectivity index (χ2v) is 7.43. The van der Waals surface area contributed by atoms with Crippen LogP contribution >= 0.6 is 0 Å². The van der Waals surface area contributed by atoms with Gasteiger partial charge in [0.1, 0.15) is 12.4 Å². The van der Waals surface area contributed by atoms with Crippen LogP contribution in [0.5, 0.6) is 5.75 Å². The highest BCUT2D eigenvalue weighted by Gasteiger charge is 2.26. The fourth-order valence-electron chi connectivity index (χ4n) is 3.49. The Balaban J connectivity index is 1.43. The van der Waals surface area contributed by atoms with E-state index in [0.29, 0.717) is 18.4 Å². The lowest BCUT2D eigenvalue weighted by Gasteiger charge is -2.21. The van der Waals surface area contributed by atoms with Crippen molar-refractivity contribution in [1.29, 1.82) is 0 Å². The third kappa shape index (κ3) is 5.02. The lowest BCUT2D eigenvalue weighted by molar-refractivity contribution is 0.319. The van der Waals surface area contributed by atoms with E-state index in [2.05, 4.69) is 52.5 Å². The number of aryl methyl sites for hydroxylation is 1. The van der Waals surface area contributed by atoms with E-state index in [4.69, 9.17) is 4.74 Å². The van der Waals surface area contributed by atoms with Crippen molar-refractivity contribution in [2.75, 3.05) is 33.3 Å². The zero-order valence-corrected chi connectivity index (χ0v) is 16.9. The number of aliphatic imine (C=N–C) groups is 1. The Morgan fingerprint density at radius 3 is 2.74 bits per heavy atom. The van der Waals surface area contributed by atoms with Gasteiger partial charge in [0.15, 0.2) is 5.96 Å². The van der Waals surface area contributed by atoms with Gasteiger partial charge in [-0.2, -0.15) is 5.10 Å². The lowest BCUT2D eigenvalue weighted by atomic mass is 10.0. The number of ether oxygens (including phenoxy) is 1. The summed E-state index contributed by atoms with van der Waals surface area (Å²) in [6.45, 7) is 7.72. The van der Waals surface area contributed by atoms with E-state index in [0.717, 1.165) is 37.8 Å². The Kier molecular flexibility index (Phi) is 6.37. The molecule has 0 aliphatic carbocycles. The van der Waals surface area contributed by atoms with E-state index in [1.54, 1.807) is 0 Å². The van der Waals surface area contributed by atoms with Gasteiger partial charge in [-0.05, 0) is 35.6 Å². The maximum absolute atomic E-state index is 5.84. The van der Waals surface area contributed by atoms with Crippen LogP contribution in [-0.4, -0.2) is 53.9 Å². The first-order valence-electron chi connectivity index (χ1n) is 9.73. The molecule has 0 amide bonds. The molecule has 1 aromatic carbocycles. The molecule has 1 atom stereocenters. The summed E-state index contributed by atoms with van der Waals surface area (Å²) in [4.78, 5) is 6.75. The summed E-state index contributed by atoms with van der Waals surface area (Å²) in [5.74, 6) is 2.92. The van der Waals surface area contributed by atoms with Crippen molar-refractivity contribution in [1.82, 2.24) is 20.0 Å². The quantitative estimate of drug-likeness (QED) is 0.483. The summed E-state index contributed by atoms with van der Waals surface area (Å²) in [6, 6.07) is 8.36. The molecular formula is C21H31N5O. The van der Waals surface area contributed by atoms with Crippen molar-refractivity contribution in [3.8, 4) is 5.75 Å². The molecule has 1 aliphatic rings. The molecule has 0 saturated carbocycles. The first kappa shape index (κ1) is 19.3. The summed E-state index contributed by atoms with van der Waals surface area (Å²) in [5, 5.41) is 7.71. The number of hydrogen-bond acceptors (Lipinski definition) is 3. The molecule has 2 heterocycles. The van der Waals surface area contributed by atoms with Crippen molar-refractivity contribution < 1.29 is 4.74 Å². The van der Waals surface area contributed by atoms with Crippen LogP contribution in [-0.2, 0) is 7.05 Å². The Morgan fingerprint density at radius 2 is 2.11 bits per heavy atom. The summed E-state index contributed by atoms with van der Waals surface area (Å²) in [6.07, 6.45) is 5.22. The second-order valence-electron chi connectivity index (χ2n) is 7.43. The van der Waals surface area contributed by atoms with Gasteiger partial charge in [0.25, 0.3) is 0 Å². The van der Waals surface area contributed by atoms with Crippen LogP contribution in [0.4, 0.5) is 0 Å². The van der Waals surface area contributed by atoms with Crippen LogP contribution in [0.15, 0.2) is 41.7 Å². The molecular weight excluding hydrogens is 338 g/mol. The van der Waals surface area contributed by atoms with Crippen LogP contribution < -0.4 is 10.1 Å². The van der Waals surface area contributed by atoms with E-state index >= 15 is 0 Å². The van der Waals surface area contributed by atoms with E-state index < -0.39 is 0 Å². The minimum atomic E-state index is 0.521. The van der Waals surface area contributed by atoms with Crippen molar-refractivity contribution in [2.24, 2.45) is 12.0 Å². The molecule has 2 aromatic rings. The fraction of sp³-hybridized carbons (Fsp3) is 0.524. The zero-order valence-electron chi connectivity index (χ0n) is 16.9. The number of likely N-dealkylation sites (tertiary alicyclic amines) is 1. The van der Waals surface area contributed by atoms with Crippen molar-refractivity contribution in [2.45, 2.75) is 32.1 Å². The van der Waals surface area contributed by atoms with Gasteiger partial charge in [-0.15, -0.1) is 0 Å². The molecule has 0 bridgehead atoms. The molecule has 1 fully saturated rings. The lowest BCUT2D eigenvalue weighted by Crippen LogP contribution is -2.41. The zero-order chi connectivity index (χ0) is 19.2. The smallest absolute Gasteiger partial charge is 0.193 e. The highest BCUT2D eigenvalue weighted by molar-refractivity contribution is 5.80. The molecule has 0 spiro atoms. The van der Waals surface area contributed by atoms with Crippen LogP contribution in [0.3, 0.4) is 0 Å². The number of guanidine groups is 1.